The molecule has 82 valence electrons. The van der Waals surface area contributed by atoms with E-state index in [1.54, 1.807) is 0 Å². The average molecular weight is 197 g/mol. The van der Waals surface area contributed by atoms with E-state index in [4.69, 9.17) is 5.73 Å². The topological polar surface area (TPSA) is 32.5 Å². The lowest BCUT2D eigenvalue weighted by Crippen LogP contribution is -2.40. The summed E-state index contributed by atoms with van der Waals surface area (Å²) >= 11 is 0. The molecule has 3 atom stereocenters. The summed E-state index contributed by atoms with van der Waals surface area (Å²) in [5.74, 6) is 1.76. The Labute approximate surface area is 87.2 Å². The molecule has 3 heteroatoms. The van der Waals surface area contributed by atoms with Gasteiger partial charge in [-0.1, -0.05) is 0 Å². The van der Waals surface area contributed by atoms with Gasteiger partial charge in [0.05, 0.1) is 6.17 Å². The fourth-order valence-electron chi connectivity index (χ4n) is 2.82. The molecule has 0 aliphatic carbocycles. The van der Waals surface area contributed by atoms with E-state index < -0.39 is 0 Å². The third-order valence-electron chi connectivity index (χ3n) is 3.85. The lowest BCUT2D eigenvalue weighted by atomic mass is 10.0. The van der Waals surface area contributed by atoms with Crippen LogP contribution in [0.5, 0.6) is 0 Å². The van der Waals surface area contributed by atoms with E-state index >= 15 is 0 Å². The standard InChI is InChI=1S/C11H23N3/c1-8(2)13-4-10-6-14(9(3)12)7-11(10)5-13/h8-11H,4-7,12H2,1-3H3. The van der Waals surface area contributed by atoms with Gasteiger partial charge >= 0.3 is 0 Å². The summed E-state index contributed by atoms with van der Waals surface area (Å²) in [6, 6.07) is 0.712. The smallest absolute Gasteiger partial charge is 0.0542 e. The molecular weight excluding hydrogens is 174 g/mol. The van der Waals surface area contributed by atoms with Crippen LogP contribution < -0.4 is 5.73 Å². The van der Waals surface area contributed by atoms with E-state index in [0.717, 1.165) is 11.8 Å². The summed E-state index contributed by atoms with van der Waals surface area (Å²) in [5.41, 5.74) is 5.91. The van der Waals surface area contributed by atoms with Crippen molar-refractivity contribution in [3.63, 3.8) is 0 Å². The summed E-state index contributed by atoms with van der Waals surface area (Å²) in [7, 11) is 0. The van der Waals surface area contributed by atoms with Gasteiger partial charge in [-0.25, -0.2) is 0 Å². The number of hydrogen-bond donors (Lipinski definition) is 1. The van der Waals surface area contributed by atoms with Gasteiger partial charge in [0.25, 0.3) is 0 Å². The number of hydrogen-bond acceptors (Lipinski definition) is 3. The first kappa shape index (κ1) is 10.4. The first-order chi connectivity index (χ1) is 6.58. The minimum atomic E-state index is 0.244. The highest BCUT2D eigenvalue weighted by Gasteiger charge is 2.41. The second kappa shape index (κ2) is 3.80. The predicted octanol–water partition coefficient (Wildman–Crippen LogP) is 0.563. The zero-order valence-corrected chi connectivity index (χ0v) is 9.61. The van der Waals surface area contributed by atoms with Gasteiger partial charge in [0.2, 0.25) is 0 Å². The molecule has 0 saturated carbocycles. The summed E-state index contributed by atoms with van der Waals surface area (Å²) in [5, 5.41) is 0. The van der Waals surface area contributed by atoms with Crippen LogP contribution in [0.3, 0.4) is 0 Å². The molecule has 2 aliphatic rings. The van der Waals surface area contributed by atoms with Crippen LogP contribution in [0.2, 0.25) is 0 Å². The van der Waals surface area contributed by atoms with Crippen molar-refractivity contribution < 1.29 is 0 Å². The SMILES string of the molecule is CC(C)N1CC2CN(C(C)N)CC2C1. The van der Waals surface area contributed by atoms with Crippen LogP contribution in [0.4, 0.5) is 0 Å². The first-order valence-electron chi connectivity index (χ1n) is 5.81. The summed E-state index contributed by atoms with van der Waals surface area (Å²) in [6.45, 7) is 11.7. The molecule has 3 nitrogen and oxygen atoms in total. The number of fused-ring (bicyclic) bond motifs is 1. The Bertz CT molecular complexity index is 169. The molecule has 0 aromatic carbocycles. The highest BCUT2D eigenvalue weighted by Crippen LogP contribution is 2.32. The van der Waals surface area contributed by atoms with Gasteiger partial charge in [-0.3, -0.25) is 4.90 Å². The lowest BCUT2D eigenvalue weighted by Gasteiger charge is -2.25. The van der Waals surface area contributed by atoms with Crippen molar-refractivity contribution in [2.75, 3.05) is 26.2 Å². The van der Waals surface area contributed by atoms with Crippen molar-refractivity contribution in [2.24, 2.45) is 17.6 Å². The van der Waals surface area contributed by atoms with Gasteiger partial charge < -0.3 is 10.6 Å². The molecule has 0 radical (unpaired) electrons. The molecule has 2 N–H and O–H groups in total. The second-order valence-electron chi connectivity index (χ2n) is 5.26. The fourth-order valence-corrected chi connectivity index (χ4v) is 2.82. The van der Waals surface area contributed by atoms with Gasteiger partial charge in [-0.2, -0.15) is 0 Å². The zero-order valence-electron chi connectivity index (χ0n) is 9.61. The van der Waals surface area contributed by atoms with Gasteiger partial charge in [0.1, 0.15) is 0 Å². The van der Waals surface area contributed by atoms with Crippen molar-refractivity contribution in [3.05, 3.63) is 0 Å². The maximum Gasteiger partial charge on any atom is 0.0542 e. The highest BCUT2D eigenvalue weighted by molar-refractivity contribution is 4.94. The number of rotatable bonds is 2. The van der Waals surface area contributed by atoms with Crippen LogP contribution >= 0.6 is 0 Å². The molecule has 0 amide bonds. The largest absolute Gasteiger partial charge is 0.316 e. The number of nitrogens with zero attached hydrogens (tertiary/aromatic N) is 2. The highest BCUT2D eigenvalue weighted by atomic mass is 15.3. The van der Waals surface area contributed by atoms with Crippen molar-refractivity contribution in [2.45, 2.75) is 33.0 Å². The molecule has 2 heterocycles. The van der Waals surface area contributed by atoms with Crippen molar-refractivity contribution >= 4 is 0 Å². The van der Waals surface area contributed by atoms with Gasteiger partial charge in [-0.05, 0) is 32.6 Å². The fraction of sp³-hybridized carbons (Fsp3) is 1.00. The van der Waals surface area contributed by atoms with Crippen molar-refractivity contribution in [1.29, 1.82) is 0 Å². The van der Waals surface area contributed by atoms with E-state index in [9.17, 15) is 0 Å². The Hall–Kier alpha value is -0.120. The molecule has 0 aromatic rings. The molecule has 2 rings (SSSR count). The molecule has 2 saturated heterocycles. The van der Waals surface area contributed by atoms with E-state index in [-0.39, 0.29) is 6.17 Å². The van der Waals surface area contributed by atoms with Crippen LogP contribution in [0.15, 0.2) is 0 Å². The molecular formula is C11H23N3. The molecule has 0 aromatic heterocycles. The van der Waals surface area contributed by atoms with Crippen LogP contribution in [-0.2, 0) is 0 Å². The minimum absolute atomic E-state index is 0.244. The summed E-state index contributed by atoms with van der Waals surface area (Å²) < 4.78 is 0. The Morgan fingerprint density at radius 3 is 1.71 bits per heavy atom. The lowest BCUT2D eigenvalue weighted by molar-refractivity contribution is 0.198. The van der Waals surface area contributed by atoms with Crippen LogP contribution in [0.25, 0.3) is 0 Å². The average Bonchev–Trinajstić information content (AvgIpc) is 2.57. The summed E-state index contributed by atoms with van der Waals surface area (Å²) in [6.07, 6.45) is 0.244. The van der Waals surface area contributed by atoms with Gasteiger partial charge in [0.15, 0.2) is 0 Å². The first-order valence-corrected chi connectivity index (χ1v) is 5.81. The molecule has 14 heavy (non-hydrogen) atoms. The maximum absolute atomic E-state index is 5.91. The monoisotopic (exact) mass is 197 g/mol. The molecule has 2 aliphatic heterocycles. The Morgan fingerprint density at radius 2 is 1.36 bits per heavy atom. The molecule has 0 bridgehead atoms. The van der Waals surface area contributed by atoms with Crippen molar-refractivity contribution in [3.8, 4) is 0 Å². The Kier molecular flexibility index (Phi) is 2.82. The normalized spacial score (nSPS) is 36.6. The number of nitrogens with two attached hydrogens (primary N) is 1. The predicted molar refractivity (Wildman–Crippen MR) is 58.9 cm³/mol. The van der Waals surface area contributed by atoms with Crippen LogP contribution in [0.1, 0.15) is 20.8 Å². The second-order valence-corrected chi connectivity index (χ2v) is 5.26. The van der Waals surface area contributed by atoms with E-state index in [1.165, 1.54) is 26.2 Å². The van der Waals surface area contributed by atoms with Crippen LogP contribution in [0, 0.1) is 11.8 Å². The molecule has 0 spiro atoms. The van der Waals surface area contributed by atoms with Gasteiger partial charge in [-0.15, -0.1) is 0 Å². The van der Waals surface area contributed by atoms with Crippen LogP contribution in [-0.4, -0.2) is 48.2 Å². The van der Waals surface area contributed by atoms with Crippen molar-refractivity contribution in [1.82, 2.24) is 9.80 Å². The van der Waals surface area contributed by atoms with E-state index in [2.05, 4.69) is 30.6 Å². The Balaban J connectivity index is 1.90. The quantitative estimate of drug-likeness (QED) is 0.702. The van der Waals surface area contributed by atoms with E-state index in [0.29, 0.717) is 6.04 Å². The minimum Gasteiger partial charge on any atom is -0.316 e. The molecule has 3 unspecified atom stereocenters. The molecule has 2 fully saturated rings. The van der Waals surface area contributed by atoms with Gasteiger partial charge in [0, 0.05) is 32.2 Å². The number of likely N-dealkylation sites (tertiary alicyclic amines) is 2. The third-order valence-corrected chi connectivity index (χ3v) is 3.85. The maximum atomic E-state index is 5.91. The Morgan fingerprint density at radius 1 is 0.929 bits per heavy atom. The third kappa shape index (κ3) is 1.81. The summed E-state index contributed by atoms with van der Waals surface area (Å²) in [4.78, 5) is 5.03. The van der Waals surface area contributed by atoms with E-state index in [1.807, 2.05) is 0 Å². The zero-order chi connectivity index (χ0) is 10.3.